The Kier molecular flexibility index (Phi) is 6.62. The molecular formula is C24H28N2O3S. The van der Waals surface area contributed by atoms with Gasteiger partial charge in [-0.25, -0.2) is 0 Å². The zero-order valence-electron chi connectivity index (χ0n) is 17.2. The zero-order valence-corrected chi connectivity index (χ0v) is 18.0. The Labute approximate surface area is 181 Å². The topological polar surface area (TPSA) is 57.7 Å². The molecule has 0 N–H and O–H groups in total. The van der Waals surface area contributed by atoms with Gasteiger partial charge in [-0.15, -0.1) is 11.3 Å². The summed E-state index contributed by atoms with van der Waals surface area (Å²) in [5.41, 5.74) is 0.904. The molecule has 2 aromatic rings. The monoisotopic (exact) mass is 424 g/mol. The second kappa shape index (κ2) is 9.56. The number of rotatable bonds is 4. The standard InChI is InChI=1S/C24H28N2O3S/c27-22(21-10-7-17-30-21)19-8-3-4-9-20(19)24(29)26-15-11-18(12-16-26)23(28)25-13-5-1-2-6-14-25/h3-4,7-10,17-18H,1-2,5-6,11-16H2. The third-order valence-corrected chi connectivity index (χ3v) is 7.06. The number of carbonyl (C=O) groups excluding carboxylic acids is 3. The quantitative estimate of drug-likeness (QED) is 0.690. The number of hydrogen-bond donors (Lipinski definition) is 0. The van der Waals surface area contributed by atoms with Crippen LogP contribution in [0.4, 0.5) is 0 Å². The Morgan fingerprint density at radius 3 is 2.07 bits per heavy atom. The summed E-state index contributed by atoms with van der Waals surface area (Å²) in [7, 11) is 0. The lowest BCUT2D eigenvalue weighted by atomic mass is 9.94. The predicted molar refractivity (Wildman–Crippen MR) is 118 cm³/mol. The highest BCUT2D eigenvalue weighted by Gasteiger charge is 2.31. The van der Waals surface area contributed by atoms with E-state index in [4.69, 9.17) is 0 Å². The molecule has 0 bridgehead atoms. The summed E-state index contributed by atoms with van der Waals surface area (Å²) in [4.78, 5) is 43.4. The lowest BCUT2D eigenvalue weighted by Gasteiger charge is -2.34. The smallest absolute Gasteiger partial charge is 0.254 e. The molecule has 0 aliphatic carbocycles. The molecule has 158 valence electrons. The molecule has 2 fully saturated rings. The maximum Gasteiger partial charge on any atom is 0.254 e. The Balaban J connectivity index is 1.41. The van der Waals surface area contributed by atoms with Crippen LogP contribution in [-0.4, -0.2) is 53.6 Å². The third-order valence-electron chi connectivity index (χ3n) is 6.20. The minimum absolute atomic E-state index is 0.00939. The van der Waals surface area contributed by atoms with Gasteiger partial charge in [0.2, 0.25) is 11.7 Å². The van der Waals surface area contributed by atoms with Crippen molar-refractivity contribution in [1.29, 1.82) is 0 Å². The molecule has 0 unspecified atom stereocenters. The molecule has 3 heterocycles. The van der Waals surface area contributed by atoms with E-state index < -0.39 is 0 Å². The van der Waals surface area contributed by atoms with Gasteiger partial charge in [-0.1, -0.05) is 37.1 Å². The van der Waals surface area contributed by atoms with Crippen molar-refractivity contribution >= 4 is 28.9 Å². The van der Waals surface area contributed by atoms with Crippen molar-refractivity contribution in [2.75, 3.05) is 26.2 Å². The Morgan fingerprint density at radius 1 is 0.767 bits per heavy atom. The first-order chi connectivity index (χ1) is 14.6. The van der Waals surface area contributed by atoms with E-state index >= 15 is 0 Å². The van der Waals surface area contributed by atoms with Crippen LogP contribution in [0.2, 0.25) is 0 Å². The van der Waals surface area contributed by atoms with Crippen LogP contribution in [0.15, 0.2) is 41.8 Å². The van der Waals surface area contributed by atoms with Crippen LogP contribution in [0.25, 0.3) is 0 Å². The van der Waals surface area contributed by atoms with E-state index in [0.717, 1.165) is 25.9 Å². The van der Waals surface area contributed by atoms with E-state index in [1.54, 1.807) is 35.2 Å². The third kappa shape index (κ3) is 4.48. The summed E-state index contributed by atoms with van der Waals surface area (Å²) in [5.74, 6) is 0.0452. The lowest BCUT2D eigenvalue weighted by Crippen LogP contribution is -2.45. The summed E-state index contributed by atoms with van der Waals surface area (Å²) in [6, 6.07) is 10.7. The summed E-state index contributed by atoms with van der Waals surface area (Å²) >= 11 is 1.38. The maximum atomic E-state index is 13.2. The molecule has 0 atom stereocenters. The predicted octanol–water partition coefficient (Wildman–Crippen LogP) is 4.23. The highest BCUT2D eigenvalue weighted by molar-refractivity contribution is 7.12. The molecule has 2 saturated heterocycles. The lowest BCUT2D eigenvalue weighted by molar-refractivity contribution is -0.136. The maximum absolute atomic E-state index is 13.2. The summed E-state index contributed by atoms with van der Waals surface area (Å²) in [6.45, 7) is 2.86. The van der Waals surface area contributed by atoms with Crippen molar-refractivity contribution < 1.29 is 14.4 Å². The minimum Gasteiger partial charge on any atom is -0.342 e. The van der Waals surface area contributed by atoms with Gasteiger partial charge in [-0.3, -0.25) is 14.4 Å². The molecule has 0 saturated carbocycles. The molecule has 1 aromatic carbocycles. The number of benzene rings is 1. The number of thiophene rings is 1. The van der Waals surface area contributed by atoms with Crippen LogP contribution in [0, 0.1) is 5.92 Å². The van der Waals surface area contributed by atoms with Crippen LogP contribution >= 0.6 is 11.3 Å². The fraction of sp³-hybridized carbons (Fsp3) is 0.458. The minimum atomic E-state index is -0.115. The second-order valence-electron chi connectivity index (χ2n) is 8.16. The van der Waals surface area contributed by atoms with Gasteiger partial charge in [0.15, 0.2) is 0 Å². The van der Waals surface area contributed by atoms with Gasteiger partial charge in [0.05, 0.1) is 10.4 Å². The van der Waals surface area contributed by atoms with Crippen molar-refractivity contribution in [3.63, 3.8) is 0 Å². The first-order valence-electron chi connectivity index (χ1n) is 10.9. The number of nitrogens with zero attached hydrogens (tertiary/aromatic N) is 2. The first-order valence-corrected chi connectivity index (χ1v) is 11.8. The van der Waals surface area contributed by atoms with Crippen molar-refractivity contribution in [3.8, 4) is 0 Å². The van der Waals surface area contributed by atoms with Gasteiger partial charge in [0, 0.05) is 37.7 Å². The van der Waals surface area contributed by atoms with Gasteiger partial charge < -0.3 is 9.80 Å². The molecule has 1 aromatic heterocycles. The summed E-state index contributed by atoms with van der Waals surface area (Å²) < 4.78 is 0. The molecule has 4 rings (SSSR count). The molecule has 2 aliphatic heterocycles. The number of ketones is 1. The van der Waals surface area contributed by atoms with Crippen LogP contribution in [-0.2, 0) is 4.79 Å². The van der Waals surface area contributed by atoms with E-state index in [-0.39, 0.29) is 23.5 Å². The van der Waals surface area contributed by atoms with Crippen molar-refractivity contribution in [2.24, 2.45) is 5.92 Å². The van der Waals surface area contributed by atoms with Crippen LogP contribution in [0.1, 0.15) is 64.1 Å². The average Bonchev–Trinajstić information content (AvgIpc) is 3.20. The normalized spacial score (nSPS) is 18.1. The fourth-order valence-corrected chi connectivity index (χ4v) is 5.14. The first kappa shape index (κ1) is 20.8. The highest BCUT2D eigenvalue weighted by atomic mass is 32.1. The van der Waals surface area contributed by atoms with E-state index in [2.05, 4.69) is 0 Å². The number of hydrogen-bond acceptors (Lipinski definition) is 4. The van der Waals surface area contributed by atoms with Gasteiger partial charge in [-0.2, -0.15) is 0 Å². The van der Waals surface area contributed by atoms with Gasteiger partial charge >= 0.3 is 0 Å². The molecule has 2 amide bonds. The number of amides is 2. The summed E-state index contributed by atoms with van der Waals surface area (Å²) in [5, 5.41) is 1.86. The number of likely N-dealkylation sites (tertiary alicyclic amines) is 2. The van der Waals surface area contributed by atoms with Crippen molar-refractivity contribution in [1.82, 2.24) is 9.80 Å². The van der Waals surface area contributed by atoms with E-state index in [1.807, 2.05) is 16.3 Å². The molecule has 6 heteroatoms. The van der Waals surface area contributed by atoms with Gasteiger partial charge in [-0.05, 0) is 43.2 Å². The van der Waals surface area contributed by atoms with Crippen molar-refractivity contribution in [3.05, 3.63) is 57.8 Å². The number of piperidine rings is 1. The SMILES string of the molecule is O=C(c1cccs1)c1ccccc1C(=O)N1CCC(C(=O)N2CCCCCC2)CC1. The van der Waals surface area contributed by atoms with Gasteiger partial charge in [0.25, 0.3) is 5.91 Å². The van der Waals surface area contributed by atoms with Crippen LogP contribution in [0.3, 0.4) is 0 Å². The van der Waals surface area contributed by atoms with Crippen LogP contribution < -0.4 is 0 Å². The van der Waals surface area contributed by atoms with Crippen LogP contribution in [0.5, 0.6) is 0 Å². The van der Waals surface area contributed by atoms with Crippen molar-refractivity contribution in [2.45, 2.75) is 38.5 Å². The average molecular weight is 425 g/mol. The number of carbonyl (C=O) groups is 3. The Morgan fingerprint density at radius 2 is 1.43 bits per heavy atom. The molecule has 2 aliphatic rings. The summed E-state index contributed by atoms with van der Waals surface area (Å²) in [6.07, 6.45) is 6.00. The molecule has 5 nitrogen and oxygen atoms in total. The van der Waals surface area contributed by atoms with E-state index in [0.29, 0.717) is 41.9 Å². The Bertz CT molecular complexity index is 893. The van der Waals surface area contributed by atoms with E-state index in [9.17, 15) is 14.4 Å². The fourth-order valence-electron chi connectivity index (χ4n) is 4.46. The van der Waals surface area contributed by atoms with Gasteiger partial charge in [0.1, 0.15) is 0 Å². The largest absolute Gasteiger partial charge is 0.342 e. The second-order valence-corrected chi connectivity index (χ2v) is 9.11. The van der Waals surface area contributed by atoms with E-state index in [1.165, 1.54) is 24.2 Å². The molecule has 0 spiro atoms. The zero-order chi connectivity index (χ0) is 20.9. The molecule has 30 heavy (non-hydrogen) atoms. The molecular weight excluding hydrogens is 396 g/mol. The molecule has 0 radical (unpaired) electrons. The highest BCUT2D eigenvalue weighted by Crippen LogP contribution is 2.25. The Hall–Kier alpha value is -2.47.